The van der Waals surface area contributed by atoms with Crippen LogP contribution < -0.4 is 5.73 Å². The quantitative estimate of drug-likeness (QED) is 0.790. The van der Waals surface area contributed by atoms with Crippen molar-refractivity contribution in [1.29, 1.82) is 0 Å². The summed E-state index contributed by atoms with van der Waals surface area (Å²) in [6.45, 7) is 1.33. The van der Waals surface area contributed by atoms with Crippen molar-refractivity contribution >= 4 is 42.3 Å². The van der Waals surface area contributed by atoms with Crippen LogP contribution in [0.5, 0.6) is 0 Å². The molecule has 1 aliphatic heterocycles. The highest BCUT2D eigenvalue weighted by Crippen LogP contribution is 2.28. The molecule has 2 N–H and O–H groups in total. The van der Waals surface area contributed by atoms with E-state index in [1.807, 2.05) is 29.2 Å². The van der Waals surface area contributed by atoms with Crippen molar-refractivity contribution in [2.75, 3.05) is 13.1 Å². The molecular formula is C18H24Cl3N3O2. The number of hydrogen-bond acceptors (Lipinski definition) is 4. The van der Waals surface area contributed by atoms with Gasteiger partial charge in [-0.15, -0.1) is 24.8 Å². The zero-order valence-electron chi connectivity index (χ0n) is 14.4. The van der Waals surface area contributed by atoms with E-state index in [9.17, 15) is 4.79 Å². The number of rotatable bonds is 5. The number of carbonyl (C=O) groups excluding carboxylic acids is 1. The van der Waals surface area contributed by atoms with E-state index in [0.717, 1.165) is 31.4 Å². The predicted octanol–water partition coefficient (Wildman–Crippen LogP) is 4.11. The van der Waals surface area contributed by atoms with Gasteiger partial charge in [-0.2, -0.15) is 0 Å². The van der Waals surface area contributed by atoms with Crippen LogP contribution in [0.4, 0.5) is 0 Å². The zero-order valence-corrected chi connectivity index (χ0v) is 16.8. The fraction of sp³-hybridized carbons (Fsp3) is 0.444. The number of aromatic nitrogens is 1. The van der Waals surface area contributed by atoms with Crippen LogP contribution in [0.15, 0.2) is 34.9 Å². The first-order valence-electron chi connectivity index (χ1n) is 8.38. The first-order valence-corrected chi connectivity index (χ1v) is 8.76. The van der Waals surface area contributed by atoms with E-state index in [-0.39, 0.29) is 36.8 Å². The fourth-order valence-corrected chi connectivity index (χ4v) is 3.37. The number of likely N-dealkylation sites (tertiary alicyclic amines) is 1. The maximum absolute atomic E-state index is 12.5. The Morgan fingerprint density at radius 3 is 2.81 bits per heavy atom. The number of carbonyl (C=O) groups is 1. The van der Waals surface area contributed by atoms with E-state index in [4.69, 9.17) is 21.8 Å². The van der Waals surface area contributed by atoms with Crippen LogP contribution in [0.1, 0.15) is 31.6 Å². The van der Waals surface area contributed by atoms with Gasteiger partial charge >= 0.3 is 0 Å². The van der Waals surface area contributed by atoms with Gasteiger partial charge in [0.15, 0.2) is 11.7 Å². The maximum atomic E-state index is 12.5. The summed E-state index contributed by atoms with van der Waals surface area (Å²) in [4.78, 5) is 18.6. The standard InChI is InChI=1S/C18H22ClN3O2.2ClH/c19-15-7-2-1-6-14(15)16-12-21-17(24-16)8-9-18(23)22-10-4-3-5-13(22)11-20;;/h1-2,6-7,12-13H,3-5,8-11,20H2;2*1H. The molecule has 26 heavy (non-hydrogen) atoms. The predicted molar refractivity (Wildman–Crippen MR) is 108 cm³/mol. The first-order chi connectivity index (χ1) is 11.7. The molecule has 5 nitrogen and oxygen atoms in total. The molecule has 1 aromatic heterocycles. The molecule has 0 aliphatic carbocycles. The third-order valence-corrected chi connectivity index (χ3v) is 4.79. The van der Waals surface area contributed by atoms with E-state index in [1.54, 1.807) is 6.20 Å². The summed E-state index contributed by atoms with van der Waals surface area (Å²) in [6, 6.07) is 7.64. The Balaban J connectivity index is 0.00000169. The van der Waals surface area contributed by atoms with Crippen molar-refractivity contribution in [2.24, 2.45) is 5.73 Å². The highest BCUT2D eigenvalue weighted by Gasteiger charge is 2.25. The number of halogens is 3. The number of nitrogens with zero attached hydrogens (tertiary/aromatic N) is 2. The van der Waals surface area contributed by atoms with Crippen LogP contribution in [0.2, 0.25) is 5.02 Å². The summed E-state index contributed by atoms with van der Waals surface area (Å²) < 4.78 is 5.75. The lowest BCUT2D eigenvalue weighted by Crippen LogP contribution is -2.47. The molecule has 0 spiro atoms. The largest absolute Gasteiger partial charge is 0.441 e. The average Bonchev–Trinajstić information content (AvgIpc) is 3.08. The summed E-state index contributed by atoms with van der Waals surface area (Å²) in [7, 11) is 0. The molecule has 2 aromatic rings. The lowest BCUT2D eigenvalue weighted by molar-refractivity contribution is -0.134. The Morgan fingerprint density at radius 1 is 1.31 bits per heavy atom. The van der Waals surface area contributed by atoms with Gasteiger partial charge in [-0.05, 0) is 31.4 Å². The summed E-state index contributed by atoms with van der Waals surface area (Å²) in [6.07, 6.45) is 5.73. The summed E-state index contributed by atoms with van der Waals surface area (Å²) in [5.74, 6) is 1.31. The van der Waals surface area contributed by atoms with Crippen LogP contribution in [0, 0.1) is 0 Å². The highest BCUT2D eigenvalue weighted by molar-refractivity contribution is 6.33. The monoisotopic (exact) mass is 419 g/mol. The number of nitrogens with two attached hydrogens (primary N) is 1. The van der Waals surface area contributed by atoms with Crippen molar-refractivity contribution in [2.45, 2.75) is 38.1 Å². The molecule has 0 radical (unpaired) electrons. The smallest absolute Gasteiger partial charge is 0.223 e. The number of hydrogen-bond donors (Lipinski definition) is 1. The third kappa shape index (κ3) is 5.36. The molecule has 144 valence electrons. The molecule has 1 atom stereocenters. The summed E-state index contributed by atoms with van der Waals surface area (Å²) in [5, 5.41) is 0.621. The van der Waals surface area contributed by atoms with Gasteiger partial charge < -0.3 is 15.1 Å². The van der Waals surface area contributed by atoms with Gasteiger partial charge in [-0.1, -0.05) is 23.7 Å². The molecule has 1 saturated heterocycles. The van der Waals surface area contributed by atoms with Crippen LogP contribution >= 0.6 is 36.4 Å². The average molecular weight is 421 g/mol. The second kappa shape index (κ2) is 10.8. The molecule has 1 amide bonds. The summed E-state index contributed by atoms with van der Waals surface area (Å²) >= 11 is 6.17. The number of amides is 1. The molecular weight excluding hydrogens is 397 g/mol. The molecule has 0 saturated carbocycles. The zero-order chi connectivity index (χ0) is 16.9. The van der Waals surface area contributed by atoms with Gasteiger partial charge in [-0.3, -0.25) is 4.79 Å². The lowest BCUT2D eigenvalue weighted by atomic mass is 10.0. The van der Waals surface area contributed by atoms with Gasteiger partial charge in [0.1, 0.15) is 0 Å². The third-order valence-electron chi connectivity index (χ3n) is 4.47. The van der Waals surface area contributed by atoms with Crippen molar-refractivity contribution in [1.82, 2.24) is 9.88 Å². The van der Waals surface area contributed by atoms with Gasteiger partial charge in [0.2, 0.25) is 5.91 Å². The number of aryl methyl sites for hydroxylation is 1. The van der Waals surface area contributed by atoms with Crippen molar-refractivity contribution in [3.05, 3.63) is 41.4 Å². The van der Waals surface area contributed by atoms with Crippen molar-refractivity contribution in [3.8, 4) is 11.3 Å². The van der Waals surface area contributed by atoms with E-state index >= 15 is 0 Å². The van der Waals surface area contributed by atoms with Gasteiger partial charge in [0.25, 0.3) is 0 Å². The molecule has 0 bridgehead atoms. The molecule has 2 heterocycles. The molecule has 3 rings (SSSR count). The number of piperidine rings is 1. The summed E-state index contributed by atoms with van der Waals surface area (Å²) in [5.41, 5.74) is 6.59. The molecule has 1 aliphatic rings. The number of oxazole rings is 1. The maximum Gasteiger partial charge on any atom is 0.223 e. The van der Waals surface area contributed by atoms with Crippen LogP contribution in [-0.4, -0.2) is 34.9 Å². The van der Waals surface area contributed by atoms with E-state index in [1.165, 1.54) is 0 Å². The fourth-order valence-electron chi connectivity index (χ4n) is 3.14. The van der Waals surface area contributed by atoms with E-state index in [2.05, 4.69) is 4.98 Å². The molecule has 1 aromatic carbocycles. The SMILES string of the molecule is Cl.Cl.NCC1CCCCN1C(=O)CCc1ncc(-c2ccccc2Cl)o1. The van der Waals surface area contributed by atoms with Gasteiger partial charge in [0, 0.05) is 37.5 Å². The molecule has 1 unspecified atom stereocenters. The van der Waals surface area contributed by atoms with Gasteiger partial charge in [0.05, 0.1) is 11.2 Å². The Morgan fingerprint density at radius 2 is 2.08 bits per heavy atom. The van der Waals surface area contributed by atoms with Crippen LogP contribution in [0.25, 0.3) is 11.3 Å². The van der Waals surface area contributed by atoms with E-state index in [0.29, 0.717) is 36.1 Å². The second-order valence-corrected chi connectivity index (χ2v) is 6.48. The Labute approximate surface area is 171 Å². The van der Waals surface area contributed by atoms with E-state index < -0.39 is 0 Å². The van der Waals surface area contributed by atoms with Crippen molar-refractivity contribution in [3.63, 3.8) is 0 Å². The first kappa shape index (κ1) is 22.8. The molecule has 1 fully saturated rings. The minimum absolute atomic E-state index is 0. The van der Waals surface area contributed by atoms with Gasteiger partial charge in [-0.25, -0.2) is 4.98 Å². The van der Waals surface area contributed by atoms with Crippen LogP contribution in [-0.2, 0) is 11.2 Å². The lowest BCUT2D eigenvalue weighted by Gasteiger charge is -2.35. The second-order valence-electron chi connectivity index (χ2n) is 6.07. The highest BCUT2D eigenvalue weighted by atomic mass is 35.5. The minimum Gasteiger partial charge on any atom is -0.441 e. The Kier molecular flexibility index (Phi) is 9.44. The molecule has 8 heteroatoms. The van der Waals surface area contributed by atoms with Crippen molar-refractivity contribution < 1.29 is 9.21 Å². The minimum atomic E-state index is 0. The number of benzene rings is 1. The van der Waals surface area contributed by atoms with Crippen LogP contribution in [0.3, 0.4) is 0 Å². The topological polar surface area (TPSA) is 72.4 Å². The Hall–Kier alpha value is -1.27. The normalized spacial score (nSPS) is 16.5. The Bertz CT molecular complexity index is 708.